The summed E-state index contributed by atoms with van der Waals surface area (Å²) in [7, 11) is 0. The third kappa shape index (κ3) is 3.85. The number of hydrogen-bond donors (Lipinski definition) is 1. The van der Waals surface area contributed by atoms with Crippen molar-refractivity contribution < 1.29 is 0 Å². The minimum atomic E-state index is 0.300. The molecule has 0 aliphatic carbocycles. The number of nitrogens with two attached hydrogens (primary N) is 1. The normalized spacial score (nSPS) is 12.4. The van der Waals surface area contributed by atoms with Crippen LogP contribution in [0.15, 0.2) is 51.8 Å². The van der Waals surface area contributed by atoms with Crippen LogP contribution in [0.4, 0.5) is 0 Å². The third-order valence-electron chi connectivity index (χ3n) is 3.06. The number of benzene rings is 2. The van der Waals surface area contributed by atoms with Gasteiger partial charge in [-0.15, -0.1) is 11.8 Å². The largest absolute Gasteiger partial charge is 0.329 e. The fraction of sp³-hybridized carbons (Fsp3) is 0.250. The van der Waals surface area contributed by atoms with E-state index < -0.39 is 0 Å². The summed E-state index contributed by atoms with van der Waals surface area (Å²) in [5.41, 5.74) is 9.83. The number of rotatable bonds is 4. The highest BCUT2D eigenvalue weighted by Gasteiger charge is 2.12. The second-order valence-corrected chi connectivity index (χ2v) is 6.82. The molecule has 2 aromatic rings. The number of aryl methyl sites for hydroxylation is 2. The van der Waals surface area contributed by atoms with Gasteiger partial charge in [0.25, 0.3) is 0 Å². The molecule has 2 N–H and O–H groups in total. The van der Waals surface area contributed by atoms with Crippen molar-refractivity contribution in [2.45, 2.75) is 24.0 Å². The average Bonchev–Trinajstić information content (AvgIpc) is 2.39. The first-order valence-electron chi connectivity index (χ1n) is 6.29. The maximum absolute atomic E-state index is 5.94. The van der Waals surface area contributed by atoms with Crippen molar-refractivity contribution in [2.24, 2.45) is 5.73 Å². The van der Waals surface area contributed by atoms with Crippen molar-refractivity contribution in [3.8, 4) is 0 Å². The van der Waals surface area contributed by atoms with Crippen LogP contribution < -0.4 is 5.73 Å². The Labute approximate surface area is 127 Å². The smallest absolute Gasteiger partial charge is 0.0466 e. The summed E-state index contributed by atoms with van der Waals surface area (Å²) in [6, 6.07) is 15.0. The Morgan fingerprint density at radius 2 is 1.79 bits per heavy atom. The van der Waals surface area contributed by atoms with Gasteiger partial charge in [-0.05, 0) is 43.2 Å². The van der Waals surface area contributed by atoms with Crippen LogP contribution in [-0.4, -0.2) is 6.54 Å². The van der Waals surface area contributed by atoms with Crippen LogP contribution in [0.2, 0.25) is 0 Å². The van der Waals surface area contributed by atoms with Gasteiger partial charge in [-0.25, -0.2) is 0 Å². The molecule has 3 heteroatoms. The standard InChI is InChI=1S/C16H18BrNS/c1-11-3-8-15(12(2)9-11)19-16(10-18)13-4-6-14(17)7-5-13/h3-9,16H,10,18H2,1-2H3. The van der Waals surface area contributed by atoms with Crippen molar-refractivity contribution in [3.63, 3.8) is 0 Å². The van der Waals surface area contributed by atoms with Gasteiger partial charge in [-0.3, -0.25) is 0 Å². The van der Waals surface area contributed by atoms with Gasteiger partial charge in [-0.2, -0.15) is 0 Å². The molecule has 2 aromatic carbocycles. The summed E-state index contributed by atoms with van der Waals surface area (Å²) in [6.45, 7) is 4.92. The van der Waals surface area contributed by atoms with Gasteiger partial charge in [0.15, 0.2) is 0 Å². The fourth-order valence-corrected chi connectivity index (χ4v) is 3.37. The van der Waals surface area contributed by atoms with E-state index >= 15 is 0 Å². The molecule has 1 unspecified atom stereocenters. The second kappa shape index (κ2) is 6.60. The Balaban J connectivity index is 2.21. The first-order chi connectivity index (χ1) is 9.10. The minimum absolute atomic E-state index is 0.300. The molecule has 0 aromatic heterocycles. The summed E-state index contributed by atoms with van der Waals surface area (Å²) in [4.78, 5) is 1.31. The zero-order valence-corrected chi connectivity index (χ0v) is 13.6. The van der Waals surface area contributed by atoms with Gasteiger partial charge in [0.2, 0.25) is 0 Å². The fourth-order valence-electron chi connectivity index (χ4n) is 2.01. The van der Waals surface area contributed by atoms with E-state index in [0.29, 0.717) is 11.8 Å². The van der Waals surface area contributed by atoms with E-state index in [1.165, 1.54) is 21.6 Å². The SMILES string of the molecule is Cc1ccc(SC(CN)c2ccc(Br)cc2)c(C)c1. The maximum atomic E-state index is 5.94. The summed E-state index contributed by atoms with van der Waals surface area (Å²) in [5, 5.41) is 0.300. The second-order valence-electron chi connectivity index (χ2n) is 4.66. The molecule has 100 valence electrons. The van der Waals surface area contributed by atoms with Crippen molar-refractivity contribution in [2.75, 3.05) is 6.54 Å². The van der Waals surface area contributed by atoms with Crippen molar-refractivity contribution in [1.29, 1.82) is 0 Å². The van der Waals surface area contributed by atoms with Gasteiger partial charge in [0.05, 0.1) is 0 Å². The first kappa shape index (κ1) is 14.6. The predicted octanol–water partition coefficient (Wildman–Crippen LogP) is 4.86. The molecule has 0 amide bonds. The van der Waals surface area contributed by atoms with Gasteiger partial charge in [0, 0.05) is 21.2 Å². The Morgan fingerprint density at radius 3 is 2.37 bits per heavy atom. The number of thioether (sulfide) groups is 1. The maximum Gasteiger partial charge on any atom is 0.0466 e. The highest BCUT2D eigenvalue weighted by atomic mass is 79.9. The molecule has 0 fully saturated rings. The molecular formula is C16H18BrNS. The van der Waals surface area contributed by atoms with Crippen LogP contribution in [0.25, 0.3) is 0 Å². The molecule has 0 radical (unpaired) electrons. The molecule has 0 spiro atoms. The molecule has 0 saturated heterocycles. The van der Waals surface area contributed by atoms with Gasteiger partial charge >= 0.3 is 0 Å². The Hall–Kier alpha value is -0.770. The summed E-state index contributed by atoms with van der Waals surface area (Å²) < 4.78 is 1.10. The van der Waals surface area contributed by atoms with E-state index in [-0.39, 0.29) is 0 Å². The third-order valence-corrected chi connectivity index (χ3v) is 5.05. The summed E-state index contributed by atoms with van der Waals surface area (Å²) >= 11 is 5.31. The van der Waals surface area contributed by atoms with Crippen LogP contribution >= 0.6 is 27.7 Å². The van der Waals surface area contributed by atoms with Crippen LogP contribution in [0.5, 0.6) is 0 Å². The lowest BCUT2D eigenvalue weighted by atomic mass is 10.1. The Morgan fingerprint density at radius 1 is 1.11 bits per heavy atom. The molecule has 19 heavy (non-hydrogen) atoms. The highest BCUT2D eigenvalue weighted by Crippen LogP contribution is 2.36. The molecule has 1 atom stereocenters. The molecule has 0 bridgehead atoms. The Bertz CT molecular complexity index is 551. The van der Waals surface area contributed by atoms with Crippen molar-refractivity contribution in [3.05, 3.63) is 63.6 Å². The van der Waals surface area contributed by atoms with E-state index in [1.807, 2.05) is 11.8 Å². The van der Waals surface area contributed by atoms with E-state index in [9.17, 15) is 0 Å². The number of hydrogen-bond acceptors (Lipinski definition) is 2. The monoisotopic (exact) mass is 335 g/mol. The van der Waals surface area contributed by atoms with E-state index in [2.05, 4.69) is 72.2 Å². The molecule has 0 heterocycles. The van der Waals surface area contributed by atoms with Crippen LogP contribution in [0.3, 0.4) is 0 Å². The van der Waals surface area contributed by atoms with Crippen molar-refractivity contribution in [1.82, 2.24) is 0 Å². The zero-order valence-electron chi connectivity index (χ0n) is 11.2. The predicted molar refractivity (Wildman–Crippen MR) is 87.7 cm³/mol. The Kier molecular flexibility index (Phi) is 5.08. The summed E-state index contributed by atoms with van der Waals surface area (Å²) in [5.74, 6) is 0. The number of halogens is 1. The lowest BCUT2D eigenvalue weighted by Crippen LogP contribution is -2.09. The average molecular weight is 336 g/mol. The van der Waals surface area contributed by atoms with Gasteiger partial charge in [0.1, 0.15) is 0 Å². The zero-order chi connectivity index (χ0) is 13.8. The highest BCUT2D eigenvalue weighted by molar-refractivity contribution is 9.10. The quantitative estimate of drug-likeness (QED) is 0.807. The molecule has 0 aliphatic rings. The molecule has 2 rings (SSSR count). The van der Waals surface area contributed by atoms with E-state index in [0.717, 1.165) is 4.47 Å². The molecule has 0 aliphatic heterocycles. The lowest BCUT2D eigenvalue weighted by molar-refractivity contribution is 0.939. The minimum Gasteiger partial charge on any atom is -0.329 e. The molecule has 1 nitrogen and oxygen atoms in total. The van der Waals surface area contributed by atoms with Crippen LogP contribution in [-0.2, 0) is 0 Å². The summed E-state index contributed by atoms with van der Waals surface area (Å²) in [6.07, 6.45) is 0. The van der Waals surface area contributed by atoms with Crippen molar-refractivity contribution >= 4 is 27.7 Å². The van der Waals surface area contributed by atoms with Gasteiger partial charge in [-0.1, -0.05) is 45.8 Å². The van der Waals surface area contributed by atoms with E-state index in [4.69, 9.17) is 5.73 Å². The first-order valence-corrected chi connectivity index (χ1v) is 7.97. The molecular weight excluding hydrogens is 318 g/mol. The van der Waals surface area contributed by atoms with Crippen LogP contribution in [0, 0.1) is 13.8 Å². The molecule has 0 saturated carbocycles. The van der Waals surface area contributed by atoms with E-state index in [1.54, 1.807) is 0 Å². The van der Waals surface area contributed by atoms with Gasteiger partial charge < -0.3 is 5.73 Å². The van der Waals surface area contributed by atoms with Crippen LogP contribution in [0.1, 0.15) is 21.9 Å². The lowest BCUT2D eigenvalue weighted by Gasteiger charge is -2.16. The topological polar surface area (TPSA) is 26.0 Å².